The second-order valence-electron chi connectivity index (χ2n) is 14.7. The van der Waals surface area contributed by atoms with Gasteiger partial charge in [0.2, 0.25) is 11.8 Å². The first-order valence-corrected chi connectivity index (χ1v) is 17.6. The van der Waals surface area contributed by atoms with Crippen LogP contribution in [-0.4, -0.2) is 113 Å². The molecule has 3 aliphatic heterocycles. The van der Waals surface area contributed by atoms with Crippen molar-refractivity contribution in [1.29, 1.82) is 0 Å². The highest BCUT2D eigenvalue weighted by molar-refractivity contribution is 7.11. The smallest absolute Gasteiger partial charge is 0.320 e. The Morgan fingerprint density at radius 1 is 0.955 bits per heavy atom. The molecule has 2 aliphatic carbocycles. The molecule has 3 amide bonds. The van der Waals surface area contributed by atoms with E-state index in [1.165, 1.54) is 43.4 Å². The van der Waals surface area contributed by atoms with Gasteiger partial charge in [-0.15, -0.1) is 11.3 Å². The summed E-state index contributed by atoms with van der Waals surface area (Å²) in [5, 5.41) is 0. The summed E-state index contributed by atoms with van der Waals surface area (Å²) >= 11 is 1.32. The quantitative estimate of drug-likeness (QED) is 0.386. The van der Waals surface area contributed by atoms with Gasteiger partial charge in [0.1, 0.15) is 4.88 Å². The number of aromatic nitrogens is 1. The predicted molar refractivity (Wildman–Crippen MR) is 167 cm³/mol. The van der Waals surface area contributed by atoms with Crippen LogP contribution >= 0.6 is 11.3 Å². The van der Waals surface area contributed by atoms with Crippen molar-refractivity contribution in [1.82, 2.24) is 24.6 Å². The molecule has 5 fully saturated rings. The maximum Gasteiger partial charge on any atom is 0.320 e. The molecule has 0 radical (unpaired) electrons. The summed E-state index contributed by atoms with van der Waals surface area (Å²) < 4.78 is 5.35. The zero-order valence-electron chi connectivity index (χ0n) is 26.7. The van der Waals surface area contributed by atoms with Crippen molar-refractivity contribution in [3.05, 3.63) is 16.6 Å². The van der Waals surface area contributed by atoms with Crippen molar-refractivity contribution in [3.63, 3.8) is 0 Å². The fraction of sp³-hybridized carbons (Fsp3) is 0.788. The summed E-state index contributed by atoms with van der Waals surface area (Å²) in [7, 11) is 0. The van der Waals surface area contributed by atoms with Gasteiger partial charge in [0.25, 0.3) is 5.91 Å². The van der Waals surface area contributed by atoms with Crippen LogP contribution in [0.2, 0.25) is 0 Å². The minimum absolute atomic E-state index is 0.0504. The Morgan fingerprint density at radius 3 is 2.32 bits per heavy atom. The molecule has 1 spiro atoms. The molecule has 4 heterocycles. The zero-order chi connectivity index (χ0) is 31.1. The Balaban J connectivity index is 1.17. The van der Waals surface area contributed by atoms with Crippen LogP contribution in [0, 0.1) is 28.6 Å². The van der Waals surface area contributed by atoms with Gasteiger partial charge in [0.15, 0.2) is 0 Å². The van der Waals surface area contributed by atoms with Crippen LogP contribution in [0.4, 0.5) is 0 Å². The standard InChI is InChI=1S/C33H49N5O5S/c1-4-43-28(39)18-36(15-23-9-6-5-7-10-23)24-11-8-12-35(16-24)30(41)26-17-37(31(42)27-14-34-22-44-27)19-33(26)20-38(21-33)29(40)25-13-32(25,2)3/h14,22-26H,4-13,15-21H2,1-3H3/t24-,25+,26-/m0/s1. The van der Waals surface area contributed by atoms with E-state index >= 15 is 0 Å². The third kappa shape index (κ3) is 6.41. The average molecular weight is 628 g/mol. The fourth-order valence-corrected chi connectivity index (χ4v) is 8.92. The summed E-state index contributed by atoms with van der Waals surface area (Å²) in [5.74, 6) is 0.269. The van der Waals surface area contributed by atoms with Crippen molar-refractivity contribution in [2.75, 3.05) is 59.0 Å². The minimum atomic E-state index is -0.425. The summed E-state index contributed by atoms with van der Waals surface area (Å²) in [6.45, 7) is 10.7. The Bertz CT molecular complexity index is 1230. The number of carbonyl (C=O) groups is 4. The monoisotopic (exact) mass is 627 g/mol. The van der Waals surface area contributed by atoms with E-state index in [0.717, 1.165) is 25.8 Å². The van der Waals surface area contributed by atoms with E-state index in [1.54, 1.807) is 11.7 Å². The van der Waals surface area contributed by atoms with Crippen molar-refractivity contribution < 1.29 is 23.9 Å². The van der Waals surface area contributed by atoms with E-state index in [-0.39, 0.29) is 53.5 Å². The third-order valence-electron chi connectivity index (χ3n) is 11.1. The Kier molecular flexibility index (Phi) is 9.08. The summed E-state index contributed by atoms with van der Waals surface area (Å²) in [6.07, 6.45) is 10.5. The molecule has 44 heavy (non-hydrogen) atoms. The number of ether oxygens (including phenoxy) is 1. The lowest BCUT2D eigenvalue weighted by Gasteiger charge is -2.51. The molecule has 0 N–H and O–H groups in total. The number of esters is 1. The topological polar surface area (TPSA) is 103 Å². The highest BCUT2D eigenvalue weighted by Crippen LogP contribution is 2.55. The van der Waals surface area contributed by atoms with Crippen molar-refractivity contribution in [2.24, 2.45) is 28.6 Å². The van der Waals surface area contributed by atoms with Crippen LogP contribution in [0.15, 0.2) is 11.7 Å². The van der Waals surface area contributed by atoms with Gasteiger partial charge in [-0.05, 0) is 50.4 Å². The first-order valence-electron chi connectivity index (χ1n) is 16.8. The Morgan fingerprint density at radius 2 is 1.66 bits per heavy atom. The lowest BCUT2D eigenvalue weighted by Crippen LogP contribution is -2.65. The molecule has 11 heteroatoms. The summed E-state index contributed by atoms with van der Waals surface area (Å²) in [5.41, 5.74) is 1.28. The predicted octanol–water partition coefficient (Wildman–Crippen LogP) is 3.53. The highest BCUT2D eigenvalue weighted by atomic mass is 32.1. The number of likely N-dealkylation sites (tertiary alicyclic amines) is 3. The van der Waals surface area contributed by atoms with Gasteiger partial charge < -0.3 is 19.4 Å². The lowest BCUT2D eigenvalue weighted by molar-refractivity contribution is -0.156. The highest BCUT2D eigenvalue weighted by Gasteiger charge is 2.62. The molecule has 6 rings (SSSR count). The fourth-order valence-electron chi connectivity index (χ4n) is 8.33. The molecule has 0 bridgehead atoms. The normalized spacial score (nSPS) is 27.8. The van der Waals surface area contributed by atoms with Crippen LogP contribution in [0.3, 0.4) is 0 Å². The van der Waals surface area contributed by atoms with Gasteiger partial charge >= 0.3 is 5.97 Å². The maximum absolute atomic E-state index is 14.4. The summed E-state index contributed by atoms with van der Waals surface area (Å²) in [6, 6.07) is 0.0999. The van der Waals surface area contributed by atoms with Gasteiger partial charge in [-0.3, -0.25) is 29.1 Å². The molecule has 10 nitrogen and oxygen atoms in total. The van der Waals surface area contributed by atoms with Crippen LogP contribution in [-0.2, 0) is 19.1 Å². The zero-order valence-corrected chi connectivity index (χ0v) is 27.5. The SMILES string of the molecule is CCOC(=O)CN(CC1CCCCC1)[C@H]1CCCN(C(=O)[C@@H]2CN(C(=O)c3cncs3)CC23CN(C(=O)[C@H]2CC2(C)C)C3)C1. The van der Waals surface area contributed by atoms with Gasteiger partial charge in [-0.2, -0.15) is 0 Å². The van der Waals surface area contributed by atoms with Crippen molar-refractivity contribution in [3.8, 4) is 0 Å². The van der Waals surface area contributed by atoms with Crippen LogP contribution in [0.25, 0.3) is 0 Å². The lowest BCUT2D eigenvalue weighted by atomic mass is 9.70. The van der Waals surface area contributed by atoms with Crippen LogP contribution < -0.4 is 0 Å². The van der Waals surface area contributed by atoms with E-state index in [9.17, 15) is 19.2 Å². The number of carbonyl (C=O) groups excluding carboxylic acids is 4. The van der Waals surface area contributed by atoms with E-state index in [0.29, 0.717) is 56.7 Å². The Labute approximate surface area is 265 Å². The molecular formula is C33H49N5O5S. The molecule has 2 saturated carbocycles. The van der Waals surface area contributed by atoms with Gasteiger partial charge in [0.05, 0.1) is 30.8 Å². The average Bonchev–Trinajstić information content (AvgIpc) is 3.36. The van der Waals surface area contributed by atoms with E-state index in [4.69, 9.17) is 4.74 Å². The third-order valence-corrected chi connectivity index (χ3v) is 11.9. The number of thiazole rings is 1. The molecule has 3 atom stereocenters. The van der Waals surface area contributed by atoms with E-state index in [1.807, 2.05) is 21.6 Å². The number of amides is 3. The number of hydrogen-bond donors (Lipinski definition) is 0. The number of piperidine rings is 1. The molecule has 242 valence electrons. The largest absolute Gasteiger partial charge is 0.465 e. The van der Waals surface area contributed by atoms with Crippen LogP contribution in [0.1, 0.15) is 81.8 Å². The minimum Gasteiger partial charge on any atom is -0.465 e. The van der Waals surface area contributed by atoms with E-state index < -0.39 is 5.41 Å². The molecule has 0 unspecified atom stereocenters. The molecule has 1 aromatic heterocycles. The maximum atomic E-state index is 14.4. The first kappa shape index (κ1) is 31.5. The first-order chi connectivity index (χ1) is 21.1. The molecule has 5 aliphatic rings. The van der Waals surface area contributed by atoms with Gasteiger partial charge in [-0.25, -0.2) is 0 Å². The number of rotatable bonds is 9. The van der Waals surface area contributed by atoms with Crippen LogP contribution in [0.5, 0.6) is 0 Å². The van der Waals surface area contributed by atoms with Crippen molar-refractivity contribution >= 4 is 35.0 Å². The molecular weight excluding hydrogens is 578 g/mol. The van der Waals surface area contributed by atoms with Crippen molar-refractivity contribution in [2.45, 2.75) is 78.2 Å². The Hall–Kier alpha value is -2.53. The molecule has 3 saturated heterocycles. The number of hydrogen-bond acceptors (Lipinski definition) is 8. The number of nitrogens with zero attached hydrogens (tertiary/aromatic N) is 5. The van der Waals surface area contributed by atoms with E-state index in [2.05, 4.69) is 23.7 Å². The summed E-state index contributed by atoms with van der Waals surface area (Å²) in [4.78, 5) is 66.4. The molecule has 0 aromatic carbocycles. The van der Waals surface area contributed by atoms with Gasteiger partial charge in [-0.1, -0.05) is 33.1 Å². The molecule has 1 aromatic rings. The second-order valence-corrected chi connectivity index (χ2v) is 15.6. The second kappa shape index (κ2) is 12.7. The van der Waals surface area contributed by atoms with Gasteiger partial charge in [0, 0.05) is 63.2 Å².